The number of methoxy groups -OCH3 is 2. The van der Waals surface area contributed by atoms with Crippen molar-refractivity contribution in [2.45, 2.75) is 48.7 Å². The van der Waals surface area contributed by atoms with Gasteiger partial charge in [0, 0.05) is 28.8 Å². The molecule has 1 fully saturated rings. The Balaban J connectivity index is 1.36. The second-order valence-corrected chi connectivity index (χ2v) is 11.5. The number of benzene rings is 3. The third kappa shape index (κ3) is 4.43. The van der Waals surface area contributed by atoms with Crippen molar-refractivity contribution in [3.63, 3.8) is 0 Å². The predicted molar refractivity (Wildman–Crippen MR) is 142 cm³/mol. The fourth-order valence-electron chi connectivity index (χ4n) is 5.85. The molecule has 3 aromatic carbocycles. The van der Waals surface area contributed by atoms with Gasteiger partial charge in [0.15, 0.2) is 11.5 Å². The van der Waals surface area contributed by atoms with Crippen LogP contribution in [0.3, 0.4) is 0 Å². The number of rotatable bonds is 6. The molecule has 2 aliphatic heterocycles. The molecule has 3 aliphatic rings. The Morgan fingerprint density at radius 1 is 0.842 bits per heavy atom. The van der Waals surface area contributed by atoms with E-state index in [4.69, 9.17) is 23.7 Å². The van der Waals surface area contributed by atoms with Crippen LogP contribution < -0.4 is 23.7 Å². The molecule has 0 spiro atoms. The van der Waals surface area contributed by atoms with E-state index in [9.17, 15) is 8.42 Å². The molecule has 1 N–H and O–H groups in total. The van der Waals surface area contributed by atoms with Gasteiger partial charge in [-0.05, 0) is 54.8 Å². The molecule has 6 rings (SSSR count). The van der Waals surface area contributed by atoms with Gasteiger partial charge >= 0.3 is 0 Å². The van der Waals surface area contributed by atoms with Crippen LogP contribution >= 0.6 is 0 Å². The predicted octanol–water partition coefficient (Wildman–Crippen LogP) is 5.42. The molecule has 9 heteroatoms. The van der Waals surface area contributed by atoms with Crippen molar-refractivity contribution in [2.75, 3.05) is 32.2 Å². The molecule has 1 aliphatic carbocycles. The summed E-state index contributed by atoms with van der Waals surface area (Å²) in [6, 6.07) is 15.8. The smallest absolute Gasteiger partial charge is 0.262 e. The highest BCUT2D eigenvalue weighted by Crippen LogP contribution is 2.53. The molecule has 0 amide bonds. The molecule has 3 aromatic rings. The fraction of sp³-hybridized carbons (Fsp3) is 0.379. The van der Waals surface area contributed by atoms with Gasteiger partial charge in [-0.25, -0.2) is 8.42 Å². The maximum absolute atomic E-state index is 13.3. The quantitative estimate of drug-likeness (QED) is 0.449. The Hall–Kier alpha value is -3.43. The van der Waals surface area contributed by atoms with Crippen LogP contribution in [0.1, 0.15) is 54.4 Å². The van der Waals surface area contributed by atoms with E-state index in [0.717, 1.165) is 53.9 Å². The summed E-state index contributed by atoms with van der Waals surface area (Å²) in [4.78, 5) is 0.0999. The number of anilines is 1. The van der Waals surface area contributed by atoms with Crippen LogP contribution in [-0.4, -0.2) is 42.0 Å². The van der Waals surface area contributed by atoms with Gasteiger partial charge in [0.05, 0.1) is 25.2 Å². The normalized spacial score (nSPS) is 22.1. The summed E-state index contributed by atoms with van der Waals surface area (Å²) < 4.78 is 58.7. The van der Waals surface area contributed by atoms with Crippen molar-refractivity contribution in [3.05, 3.63) is 71.3 Å². The summed E-state index contributed by atoms with van der Waals surface area (Å²) in [6.07, 6.45) is 3.89. The van der Waals surface area contributed by atoms with Crippen molar-refractivity contribution in [1.29, 1.82) is 0 Å². The van der Waals surface area contributed by atoms with Gasteiger partial charge < -0.3 is 23.7 Å². The van der Waals surface area contributed by atoms with Gasteiger partial charge in [-0.3, -0.25) is 4.72 Å². The molecule has 2 heterocycles. The van der Waals surface area contributed by atoms with Gasteiger partial charge in [0.2, 0.25) is 0 Å². The molecule has 0 bridgehead atoms. The lowest BCUT2D eigenvalue weighted by atomic mass is 9.75. The highest BCUT2D eigenvalue weighted by atomic mass is 32.2. The minimum Gasteiger partial charge on any atom is -0.496 e. The van der Waals surface area contributed by atoms with Gasteiger partial charge in [0.1, 0.15) is 30.8 Å². The number of ether oxygens (including phenoxy) is 5. The van der Waals surface area contributed by atoms with E-state index in [1.54, 1.807) is 26.4 Å². The van der Waals surface area contributed by atoms with Crippen LogP contribution in [0.4, 0.5) is 5.69 Å². The van der Waals surface area contributed by atoms with E-state index in [1.165, 1.54) is 12.1 Å². The van der Waals surface area contributed by atoms with Crippen LogP contribution in [0.15, 0.2) is 59.5 Å². The molecule has 0 aromatic heterocycles. The number of nitrogens with one attached hydrogen (secondary N) is 1. The van der Waals surface area contributed by atoms with E-state index in [1.807, 2.05) is 30.3 Å². The SMILES string of the molecule is COc1ccc(OC)c2c1[C@@H](c1cccc(NS(=O)(=O)c3ccc4c(c3)OCCO4)c1)O[C@H]1CCCC[C@@H]21. The molecule has 0 unspecified atom stereocenters. The summed E-state index contributed by atoms with van der Waals surface area (Å²) >= 11 is 0. The first-order chi connectivity index (χ1) is 18.5. The first-order valence-corrected chi connectivity index (χ1v) is 14.4. The standard InChI is InChI=1S/C29H31NO7S/c1-33-24-12-13-25(34-2)28-27(24)21-8-3-4-9-22(21)37-29(28)18-6-5-7-19(16-18)30-38(31,32)20-10-11-23-26(17-20)36-15-14-35-23/h5-7,10-13,16-17,21-22,29-30H,3-4,8-9,14-15H2,1-2H3/t21-,22+,29-/m1/s1. The summed E-state index contributed by atoms with van der Waals surface area (Å²) in [6.45, 7) is 0.819. The van der Waals surface area contributed by atoms with Gasteiger partial charge in [0.25, 0.3) is 10.0 Å². The summed E-state index contributed by atoms with van der Waals surface area (Å²) in [7, 11) is -0.520. The molecule has 1 saturated carbocycles. The number of fused-ring (bicyclic) bond motifs is 4. The second kappa shape index (κ2) is 10.0. The summed E-state index contributed by atoms with van der Waals surface area (Å²) in [5.74, 6) is 2.76. The van der Waals surface area contributed by atoms with Crippen LogP contribution in [-0.2, 0) is 14.8 Å². The van der Waals surface area contributed by atoms with Crippen LogP contribution in [0.25, 0.3) is 0 Å². The third-order valence-corrected chi connectivity index (χ3v) is 8.94. The van der Waals surface area contributed by atoms with Crippen molar-refractivity contribution in [2.24, 2.45) is 0 Å². The van der Waals surface area contributed by atoms with Crippen LogP contribution in [0, 0.1) is 0 Å². The van der Waals surface area contributed by atoms with Crippen LogP contribution in [0.2, 0.25) is 0 Å². The number of hydrogen-bond acceptors (Lipinski definition) is 7. The Kier molecular flexibility index (Phi) is 6.57. The van der Waals surface area contributed by atoms with E-state index >= 15 is 0 Å². The van der Waals surface area contributed by atoms with Crippen molar-refractivity contribution < 1.29 is 32.1 Å². The molecule has 0 radical (unpaired) electrons. The largest absolute Gasteiger partial charge is 0.496 e. The van der Waals surface area contributed by atoms with Crippen molar-refractivity contribution in [1.82, 2.24) is 0 Å². The number of sulfonamides is 1. The fourth-order valence-corrected chi connectivity index (χ4v) is 6.92. The van der Waals surface area contributed by atoms with Gasteiger partial charge in [-0.1, -0.05) is 25.0 Å². The zero-order valence-corrected chi connectivity index (χ0v) is 22.3. The Morgan fingerprint density at radius 3 is 2.37 bits per heavy atom. The number of hydrogen-bond donors (Lipinski definition) is 1. The molecule has 0 saturated heterocycles. The molecule has 3 atom stereocenters. The monoisotopic (exact) mass is 537 g/mol. The summed E-state index contributed by atoms with van der Waals surface area (Å²) in [5, 5.41) is 0. The van der Waals surface area contributed by atoms with E-state index in [-0.39, 0.29) is 16.9 Å². The minimum atomic E-state index is -3.87. The average molecular weight is 538 g/mol. The average Bonchev–Trinajstić information content (AvgIpc) is 2.95. The van der Waals surface area contributed by atoms with Gasteiger partial charge in [-0.15, -0.1) is 0 Å². The molecular formula is C29H31NO7S. The minimum absolute atomic E-state index is 0.0559. The van der Waals surface area contributed by atoms with Crippen LogP contribution in [0.5, 0.6) is 23.0 Å². The highest BCUT2D eigenvalue weighted by Gasteiger charge is 2.41. The van der Waals surface area contributed by atoms with Crippen molar-refractivity contribution >= 4 is 15.7 Å². The maximum Gasteiger partial charge on any atom is 0.262 e. The van der Waals surface area contributed by atoms with E-state index in [0.29, 0.717) is 30.4 Å². The van der Waals surface area contributed by atoms with E-state index in [2.05, 4.69) is 4.72 Å². The zero-order chi connectivity index (χ0) is 26.3. The third-order valence-electron chi connectivity index (χ3n) is 7.56. The first kappa shape index (κ1) is 24.9. The lowest BCUT2D eigenvalue weighted by Gasteiger charge is -2.42. The maximum atomic E-state index is 13.3. The highest BCUT2D eigenvalue weighted by molar-refractivity contribution is 7.92. The molecule has 8 nitrogen and oxygen atoms in total. The Labute approximate surface area is 222 Å². The lowest BCUT2D eigenvalue weighted by Crippen LogP contribution is -2.34. The second-order valence-electron chi connectivity index (χ2n) is 9.78. The Morgan fingerprint density at radius 2 is 1.58 bits per heavy atom. The Bertz CT molecular complexity index is 1460. The summed E-state index contributed by atoms with van der Waals surface area (Å²) in [5.41, 5.74) is 3.36. The lowest BCUT2D eigenvalue weighted by molar-refractivity contribution is -0.0406. The topological polar surface area (TPSA) is 92.3 Å². The van der Waals surface area contributed by atoms with Gasteiger partial charge in [-0.2, -0.15) is 0 Å². The molecular weight excluding hydrogens is 506 g/mol. The van der Waals surface area contributed by atoms with Crippen molar-refractivity contribution in [3.8, 4) is 23.0 Å². The molecule has 38 heavy (non-hydrogen) atoms. The first-order valence-electron chi connectivity index (χ1n) is 12.9. The zero-order valence-electron chi connectivity index (χ0n) is 21.4. The molecule has 200 valence electrons. The van der Waals surface area contributed by atoms with E-state index < -0.39 is 16.1 Å².